The maximum Gasteiger partial charge on any atom is 0.253 e. The molecule has 7 heteroatoms. The number of hydrogen-bond acceptors (Lipinski definition) is 6. The van der Waals surface area contributed by atoms with Crippen LogP contribution >= 0.6 is 0 Å². The normalized spacial score (nSPS) is 22.4. The van der Waals surface area contributed by atoms with Crippen LogP contribution in [0, 0.1) is 0 Å². The molecule has 2 aliphatic heterocycles. The van der Waals surface area contributed by atoms with Gasteiger partial charge in [0.2, 0.25) is 11.8 Å². The van der Waals surface area contributed by atoms with Gasteiger partial charge in [-0.3, -0.25) is 4.79 Å². The molecule has 1 aromatic rings. The summed E-state index contributed by atoms with van der Waals surface area (Å²) < 4.78 is 16.9. The third-order valence-corrected chi connectivity index (χ3v) is 4.15. The minimum atomic E-state index is -0.363. The van der Waals surface area contributed by atoms with Gasteiger partial charge in [-0.25, -0.2) is 0 Å². The molecule has 1 fully saturated rings. The van der Waals surface area contributed by atoms with Crippen LogP contribution < -0.4 is 0 Å². The van der Waals surface area contributed by atoms with Gasteiger partial charge in [-0.15, -0.1) is 10.2 Å². The molecule has 0 aliphatic carbocycles. The van der Waals surface area contributed by atoms with Crippen LogP contribution in [0.3, 0.4) is 0 Å². The van der Waals surface area contributed by atoms with Gasteiger partial charge >= 0.3 is 0 Å². The van der Waals surface area contributed by atoms with Gasteiger partial charge < -0.3 is 18.8 Å². The molecule has 7 nitrogen and oxygen atoms in total. The lowest BCUT2D eigenvalue weighted by molar-refractivity contribution is -0.136. The standard InChI is InChI=1S/C16H23N3O4/c1-10(2)14-17-18-15(23-14)13-9-19(6-8-22-13)16(20)12-5-4-7-21-11(12)3/h10,13H,4-9H2,1-3H3. The molecule has 1 unspecified atom stereocenters. The van der Waals surface area contributed by atoms with Crippen molar-refractivity contribution in [2.45, 2.75) is 45.6 Å². The number of carbonyl (C=O) groups excluding carboxylic acids is 1. The number of allylic oxidation sites excluding steroid dienone is 1. The van der Waals surface area contributed by atoms with E-state index in [1.807, 2.05) is 20.8 Å². The van der Waals surface area contributed by atoms with Gasteiger partial charge in [-0.05, 0) is 19.8 Å². The number of morpholine rings is 1. The van der Waals surface area contributed by atoms with E-state index in [4.69, 9.17) is 13.9 Å². The Kier molecular flexibility index (Phi) is 4.66. The van der Waals surface area contributed by atoms with Crippen LogP contribution in [0.15, 0.2) is 15.7 Å². The van der Waals surface area contributed by atoms with Crippen molar-refractivity contribution in [1.29, 1.82) is 0 Å². The minimum absolute atomic E-state index is 0.0269. The summed E-state index contributed by atoms with van der Waals surface area (Å²) in [5.41, 5.74) is 0.769. The number of hydrogen-bond donors (Lipinski definition) is 0. The summed E-state index contributed by atoms with van der Waals surface area (Å²) in [6.45, 7) is 7.99. The molecular weight excluding hydrogens is 298 g/mol. The molecule has 126 valence electrons. The lowest BCUT2D eigenvalue weighted by atomic mass is 10.1. The summed E-state index contributed by atoms with van der Waals surface area (Å²) >= 11 is 0. The van der Waals surface area contributed by atoms with Crippen LogP contribution in [0.2, 0.25) is 0 Å². The van der Waals surface area contributed by atoms with E-state index < -0.39 is 0 Å². The van der Waals surface area contributed by atoms with Gasteiger partial charge in [0.05, 0.1) is 25.3 Å². The fourth-order valence-corrected chi connectivity index (χ4v) is 2.78. The van der Waals surface area contributed by atoms with Crippen LogP contribution in [-0.2, 0) is 14.3 Å². The Balaban J connectivity index is 1.71. The van der Waals surface area contributed by atoms with Gasteiger partial charge in [0.25, 0.3) is 5.91 Å². The molecule has 3 rings (SSSR count). The summed E-state index contributed by atoms with van der Waals surface area (Å²) in [6, 6.07) is 0. The van der Waals surface area contributed by atoms with E-state index in [0.717, 1.165) is 24.2 Å². The summed E-state index contributed by atoms with van der Waals surface area (Å²) in [5.74, 6) is 1.97. The third kappa shape index (κ3) is 3.39. The summed E-state index contributed by atoms with van der Waals surface area (Å²) in [7, 11) is 0. The van der Waals surface area contributed by atoms with Crippen molar-refractivity contribution in [3.05, 3.63) is 23.1 Å². The van der Waals surface area contributed by atoms with Crippen molar-refractivity contribution < 1.29 is 18.7 Å². The molecule has 1 aromatic heterocycles. The SMILES string of the molecule is CC1=C(C(=O)N2CCOC(c3nnc(C(C)C)o3)C2)CCCO1. The van der Waals surface area contributed by atoms with Crippen molar-refractivity contribution in [2.24, 2.45) is 0 Å². The maximum atomic E-state index is 12.7. The van der Waals surface area contributed by atoms with Gasteiger partial charge in [0.15, 0.2) is 6.10 Å². The molecule has 2 aliphatic rings. The Hall–Kier alpha value is -1.89. The summed E-state index contributed by atoms with van der Waals surface area (Å²) in [6.07, 6.45) is 1.29. The zero-order valence-corrected chi connectivity index (χ0v) is 13.9. The highest BCUT2D eigenvalue weighted by molar-refractivity contribution is 5.94. The smallest absolute Gasteiger partial charge is 0.253 e. The summed E-state index contributed by atoms with van der Waals surface area (Å²) in [4.78, 5) is 14.5. The van der Waals surface area contributed by atoms with Gasteiger partial charge in [0.1, 0.15) is 5.76 Å². The first-order valence-corrected chi connectivity index (χ1v) is 8.13. The second kappa shape index (κ2) is 6.70. The minimum Gasteiger partial charge on any atom is -0.498 e. The van der Waals surface area contributed by atoms with E-state index >= 15 is 0 Å². The van der Waals surface area contributed by atoms with Gasteiger partial charge in [-0.1, -0.05) is 13.8 Å². The molecule has 0 radical (unpaired) electrons. The fraction of sp³-hybridized carbons (Fsp3) is 0.688. The van der Waals surface area contributed by atoms with Crippen LogP contribution in [-0.4, -0.2) is 47.3 Å². The Labute approximate surface area is 135 Å². The van der Waals surface area contributed by atoms with Crippen LogP contribution in [0.25, 0.3) is 0 Å². The predicted molar refractivity (Wildman–Crippen MR) is 81.5 cm³/mol. The maximum absolute atomic E-state index is 12.7. The quantitative estimate of drug-likeness (QED) is 0.849. The largest absolute Gasteiger partial charge is 0.498 e. The van der Waals surface area contributed by atoms with Crippen LogP contribution in [0.5, 0.6) is 0 Å². The average Bonchev–Trinajstić information content (AvgIpc) is 3.05. The monoisotopic (exact) mass is 321 g/mol. The number of amides is 1. The molecule has 3 heterocycles. The second-order valence-electron chi connectivity index (χ2n) is 6.23. The Morgan fingerprint density at radius 2 is 2.13 bits per heavy atom. The Bertz CT molecular complexity index is 608. The second-order valence-corrected chi connectivity index (χ2v) is 6.23. The van der Waals surface area contributed by atoms with E-state index in [1.54, 1.807) is 4.90 Å². The summed E-state index contributed by atoms with van der Waals surface area (Å²) in [5, 5.41) is 8.10. The number of aromatic nitrogens is 2. The molecule has 0 saturated carbocycles. The van der Waals surface area contributed by atoms with E-state index in [2.05, 4.69) is 10.2 Å². The van der Waals surface area contributed by atoms with Crippen molar-refractivity contribution in [1.82, 2.24) is 15.1 Å². The molecule has 1 atom stereocenters. The van der Waals surface area contributed by atoms with E-state index in [1.165, 1.54) is 0 Å². The highest BCUT2D eigenvalue weighted by Crippen LogP contribution is 2.26. The Morgan fingerprint density at radius 3 is 2.83 bits per heavy atom. The van der Waals surface area contributed by atoms with Crippen molar-refractivity contribution >= 4 is 5.91 Å². The molecule has 23 heavy (non-hydrogen) atoms. The zero-order chi connectivity index (χ0) is 16.4. The van der Waals surface area contributed by atoms with Gasteiger partial charge in [0, 0.05) is 12.5 Å². The van der Waals surface area contributed by atoms with E-state index in [-0.39, 0.29) is 17.9 Å². The predicted octanol–water partition coefficient (Wildman–Crippen LogP) is 2.18. The fourth-order valence-electron chi connectivity index (χ4n) is 2.78. The van der Waals surface area contributed by atoms with Crippen molar-refractivity contribution in [3.63, 3.8) is 0 Å². The zero-order valence-electron chi connectivity index (χ0n) is 13.9. The first-order chi connectivity index (χ1) is 11.1. The highest BCUT2D eigenvalue weighted by atomic mass is 16.5. The average molecular weight is 321 g/mol. The third-order valence-electron chi connectivity index (χ3n) is 4.15. The van der Waals surface area contributed by atoms with Crippen LogP contribution in [0.4, 0.5) is 0 Å². The molecule has 0 bridgehead atoms. The van der Waals surface area contributed by atoms with E-state index in [0.29, 0.717) is 38.1 Å². The number of ether oxygens (including phenoxy) is 2. The first kappa shape index (κ1) is 16.0. The van der Waals surface area contributed by atoms with Crippen molar-refractivity contribution in [3.8, 4) is 0 Å². The topological polar surface area (TPSA) is 77.7 Å². The molecule has 0 aromatic carbocycles. The molecule has 1 saturated heterocycles. The number of nitrogens with zero attached hydrogens (tertiary/aromatic N) is 3. The molecule has 1 amide bonds. The lowest BCUT2D eigenvalue weighted by Crippen LogP contribution is -2.43. The van der Waals surface area contributed by atoms with E-state index in [9.17, 15) is 4.79 Å². The number of rotatable bonds is 3. The highest BCUT2D eigenvalue weighted by Gasteiger charge is 2.32. The van der Waals surface area contributed by atoms with Crippen LogP contribution in [0.1, 0.15) is 57.4 Å². The molecular formula is C16H23N3O4. The Morgan fingerprint density at radius 1 is 1.30 bits per heavy atom. The van der Waals surface area contributed by atoms with Gasteiger partial charge in [-0.2, -0.15) is 0 Å². The number of carbonyl (C=O) groups is 1. The molecule has 0 N–H and O–H groups in total. The molecule has 0 spiro atoms. The van der Waals surface area contributed by atoms with Crippen molar-refractivity contribution in [2.75, 3.05) is 26.3 Å². The first-order valence-electron chi connectivity index (χ1n) is 8.13. The lowest BCUT2D eigenvalue weighted by Gasteiger charge is -2.33.